The van der Waals surface area contributed by atoms with Gasteiger partial charge in [0.2, 0.25) is 11.8 Å². The fourth-order valence-electron chi connectivity index (χ4n) is 2.18. The Hall–Kier alpha value is -3.68. The van der Waals surface area contributed by atoms with Gasteiger partial charge >= 0.3 is 0 Å². The van der Waals surface area contributed by atoms with Gasteiger partial charge in [-0.15, -0.1) is 0 Å². The fraction of sp³-hybridized carbons (Fsp3) is 0.0588. The first-order valence-corrected chi connectivity index (χ1v) is 7.35. The van der Waals surface area contributed by atoms with Crippen LogP contribution in [-0.4, -0.2) is 32.0 Å². The summed E-state index contributed by atoms with van der Waals surface area (Å²) in [6.07, 6.45) is 0.588. The molecule has 3 aromatic rings. The molecule has 0 saturated heterocycles. The molecule has 0 saturated carbocycles. The maximum Gasteiger partial charge on any atom is 0.235 e. The molecule has 2 heterocycles. The second-order valence-corrected chi connectivity index (χ2v) is 5.22. The van der Waals surface area contributed by atoms with Crippen LogP contribution in [0, 0.1) is 0 Å². The number of para-hydroxylation sites is 1. The zero-order valence-electron chi connectivity index (χ0n) is 12.9. The summed E-state index contributed by atoms with van der Waals surface area (Å²) in [7, 11) is 0. The third-order valence-electron chi connectivity index (χ3n) is 3.30. The van der Waals surface area contributed by atoms with Crippen molar-refractivity contribution in [2.75, 3.05) is 10.6 Å². The van der Waals surface area contributed by atoms with Crippen LogP contribution in [0.5, 0.6) is 11.5 Å². The van der Waals surface area contributed by atoms with Crippen LogP contribution in [0.4, 0.5) is 11.6 Å². The van der Waals surface area contributed by atoms with Gasteiger partial charge in [0, 0.05) is 11.5 Å². The first kappa shape index (κ1) is 16.2. The Morgan fingerprint density at radius 3 is 2.56 bits per heavy atom. The van der Waals surface area contributed by atoms with Crippen LogP contribution < -0.4 is 10.6 Å². The number of aromatic nitrogens is 2. The molecule has 8 nitrogen and oxygen atoms in total. The Morgan fingerprint density at radius 1 is 1.00 bits per heavy atom. The van der Waals surface area contributed by atoms with Gasteiger partial charge in [0.15, 0.2) is 11.6 Å². The van der Waals surface area contributed by atoms with Crippen LogP contribution in [0.15, 0.2) is 48.7 Å². The molecule has 4 N–H and O–H groups in total. The Labute approximate surface area is 142 Å². The SMILES string of the molecule is O=C(CC(=O)Nc1ncc(O)cc1O)Nc1ccc2ccccc2n1. The molecule has 2 aromatic heterocycles. The third kappa shape index (κ3) is 3.99. The van der Waals surface area contributed by atoms with E-state index in [1.807, 2.05) is 30.3 Å². The monoisotopic (exact) mass is 338 g/mol. The smallest absolute Gasteiger partial charge is 0.235 e. The molecule has 0 aliphatic rings. The van der Waals surface area contributed by atoms with Crippen molar-refractivity contribution in [3.63, 3.8) is 0 Å². The molecule has 0 aliphatic heterocycles. The lowest BCUT2D eigenvalue weighted by atomic mass is 10.2. The topological polar surface area (TPSA) is 124 Å². The zero-order chi connectivity index (χ0) is 17.8. The van der Waals surface area contributed by atoms with E-state index in [2.05, 4.69) is 20.6 Å². The molecule has 0 unspecified atom stereocenters. The maximum atomic E-state index is 12.0. The van der Waals surface area contributed by atoms with Gasteiger partial charge in [-0.25, -0.2) is 9.97 Å². The largest absolute Gasteiger partial charge is 0.506 e. The van der Waals surface area contributed by atoms with Crippen molar-refractivity contribution in [3.8, 4) is 11.5 Å². The normalized spacial score (nSPS) is 10.4. The second-order valence-electron chi connectivity index (χ2n) is 5.22. The molecular weight excluding hydrogens is 324 g/mol. The van der Waals surface area contributed by atoms with Crippen molar-refractivity contribution < 1.29 is 19.8 Å². The van der Waals surface area contributed by atoms with Gasteiger partial charge in [0.25, 0.3) is 0 Å². The van der Waals surface area contributed by atoms with E-state index in [-0.39, 0.29) is 11.6 Å². The lowest BCUT2D eigenvalue weighted by molar-refractivity contribution is -0.123. The number of aromatic hydroxyl groups is 2. The molecule has 0 aliphatic carbocycles. The van der Waals surface area contributed by atoms with E-state index in [4.69, 9.17) is 5.11 Å². The van der Waals surface area contributed by atoms with Crippen molar-refractivity contribution in [2.24, 2.45) is 0 Å². The summed E-state index contributed by atoms with van der Waals surface area (Å²) in [5.74, 6) is -1.66. The first-order valence-electron chi connectivity index (χ1n) is 7.35. The standard InChI is InChI=1S/C17H14N4O4/c22-11-7-13(23)17(18-9-11)21-16(25)8-15(24)20-14-6-5-10-3-1-2-4-12(10)19-14/h1-7,9,22-23H,8H2,(H,18,21,25)(H,19,20,24). The van der Waals surface area contributed by atoms with Gasteiger partial charge in [0.1, 0.15) is 18.0 Å². The number of nitrogens with zero attached hydrogens (tertiary/aromatic N) is 2. The van der Waals surface area contributed by atoms with Crippen LogP contribution in [0.2, 0.25) is 0 Å². The fourth-order valence-corrected chi connectivity index (χ4v) is 2.18. The van der Waals surface area contributed by atoms with Crippen molar-refractivity contribution in [1.29, 1.82) is 0 Å². The number of anilines is 2. The predicted octanol–water partition coefficient (Wildman–Crippen LogP) is 2.01. The third-order valence-corrected chi connectivity index (χ3v) is 3.30. The first-order chi connectivity index (χ1) is 12.0. The highest BCUT2D eigenvalue weighted by molar-refractivity contribution is 6.08. The number of hydrogen-bond acceptors (Lipinski definition) is 6. The van der Waals surface area contributed by atoms with Crippen LogP contribution in [0.25, 0.3) is 10.9 Å². The highest BCUT2D eigenvalue weighted by atomic mass is 16.3. The number of fused-ring (bicyclic) bond motifs is 1. The number of carbonyl (C=O) groups is 2. The summed E-state index contributed by atoms with van der Waals surface area (Å²) in [6, 6.07) is 11.9. The minimum Gasteiger partial charge on any atom is -0.506 e. The summed E-state index contributed by atoms with van der Waals surface area (Å²) >= 11 is 0. The van der Waals surface area contributed by atoms with Crippen molar-refractivity contribution in [2.45, 2.75) is 6.42 Å². The number of nitrogens with one attached hydrogen (secondary N) is 2. The van der Waals surface area contributed by atoms with Crippen molar-refractivity contribution in [3.05, 3.63) is 48.7 Å². The van der Waals surface area contributed by atoms with E-state index in [0.717, 1.165) is 23.2 Å². The van der Waals surface area contributed by atoms with Gasteiger partial charge in [-0.3, -0.25) is 9.59 Å². The maximum absolute atomic E-state index is 12.0. The van der Waals surface area contributed by atoms with Gasteiger partial charge in [0.05, 0.1) is 11.7 Å². The average Bonchev–Trinajstić information content (AvgIpc) is 2.57. The molecule has 8 heteroatoms. The molecule has 0 atom stereocenters. The number of pyridine rings is 2. The highest BCUT2D eigenvalue weighted by Gasteiger charge is 2.13. The van der Waals surface area contributed by atoms with E-state index in [0.29, 0.717) is 5.82 Å². The van der Waals surface area contributed by atoms with Crippen LogP contribution >= 0.6 is 0 Å². The van der Waals surface area contributed by atoms with Gasteiger partial charge in [-0.1, -0.05) is 18.2 Å². The van der Waals surface area contributed by atoms with E-state index in [9.17, 15) is 14.7 Å². The van der Waals surface area contributed by atoms with E-state index >= 15 is 0 Å². The van der Waals surface area contributed by atoms with Crippen molar-refractivity contribution >= 4 is 34.4 Å². The molecular formula is C17H14N4O4. The highest BCUT2D eigenvalue weighted by Crippen LogP contribution is 2.24. The number of amides is 2. The molecule has 0 spiro atoms. The van der Waals surface area contributed by atoms with Crippen LogP contribution in [-0.2, 0) is 9.59 Å². The number of rotatable bonds is 4. The lowest BCUT2D eigenvalue weighted by Gasteiger charge is -2.07. The molecule has 1 aromatic carbocycles. The van der Waals surface area contributed by atoms with Crippen LogP contribution in [0.1, 0.15) is 6.42 Å². The Kier molecular flexibility index (Phi) is 4.42. The van der Waals surface area contributed by atoms with E-state index in [1.165, 1.54) is 0 Å². The molecule has 0 radical (unpaired) electrons. The number of benzene rings is 1. The molecule has 0 bridgehead atoms. The second kappa shape index (κ2) is 6.83. The summed E-state index contributed by atoms with van der Waals surface area (Å²) < 4.78 is 0. The quantitative estimate of drug-likeness (QED) is 0.539. The Morgan fingerprint density at radius 2 is 1.76 bits per heavy atom. The number of hydrogen-bond donors (Lipinski definition) is 4. The summed E-state index contributed by atoms with van der Waals surface area (Å²) in [6.45, 7) is 0. The number of carbonyl (C=O) groups excluding carboxylic acids is 2. The van der Waals surface area contributed by atoms with Gasteiger partial charge in [-0.2, -0.15) is 0 Å². The van der Waals surface area contributed by atoms with Gasteiger partial charge in [-0.05, 0) is 18.2 Å². The minimum absolute atomic E-state index is 0.139. The Bertz CT molecular complexity index is 958. The van der Waals surface area contributed by atoms with E-state index in [1.54, 1.807) is 6.07 Å². The Balaban J connectivity index is 1.62. The predicted molar refractivity (Wildman–Crippen MR) is 91.2 cm³/mol. The van der Waals surface area contributed by atoms with E-state index < -0.39 is 24.0 Å². The minimum atomic E-state index is -0.660. The molecule has 25 heavy (non-hydrogen) atoms. The lowest BCUT2D eigenvalue weighted by Crippen LogP contribution is -2.22. The summed E-state index contributed by atoms with van der Waals surface area (Å²) in [5, 5.41) is 24.5. The average molecular weight is 338 g/mol. The summed E-state index contributed by atoms with van der Waals surface area (Å²) in [5.41, 5.74) is 0.725. The molecule has 2 amide bonds. The molecule has 0 fully saturated rings. The molecule has 3 rings (SSSR count). The zero-order valence-corrected chi connectivity index (χ0v) is 12.9. The molecule has 126 valence electrons. The van der Waals surface area contributed by atoms with Crippen LogP contribution in [0.3, 0.4) is 0 Å². The van der Waals surface area contributed by atoms with Gasteiger partial charge < -0.3 is 20.8 Å². The summed E-state index contributed by atoms with van der Waals surface area (Å²) in [4.78, 5) is 31.8. The van der Waals surface area contributed by atoms with Crippen molar-refractivity contribution in [1.82, 2.24) is 9.97 Å².